The van der Waals surface area contributed by atoms with Crippen LogP contribution in [0.1, 0.15) is 41.6 Å². The van der Waals surface area contributed by atoms with Crippen molar-refractivity contribution < 1.29 is 24.0 Å². The molecule has 0 radical (unpaired) electrons. The molecule has 0 spiro atoms. The molecule has 4 atom stereocenters. The number of hydrogen-bond donors (Lipinski definition) is 0. The molecule has 2 saturated heterocycles. The molecule has 2 aromatic rings. The van der Waals surface area contributed by atoms with Gasteiger partial charge in [-0.2, -0.15) is 0 Å². The van der Waals surface area contributed by atoms with Crippen molar-refractivity contribution in [3.8, 4) is 0 Å². The molecule has 2 heterocycles. The summed E-state index contributed by atoms with van der Waals surface area (Å²) in [6.45, 7) is 0. The lowest BCUT2D eigenvalue weighted by molar-refractivity contribution is -0.124. The Balaban J connectivity index is 1.18. The van der Waals surface area contributed by atoms with Crippen molar-refractivity contribution in [2.75, 3.05) is 9.80 Å². The first-order chi connectivity index (χ1) is 17.5. The van der Waals surface area contributed by atoms with Crippen LogP contribution in [-0.2, 0) is 19.2 Å². The number of nitrogens with zero attached hydrogens (tertiary/aromatic N) is 2. The lowest BCUT2D eigenvalue weighted by atomic mass is 9.85. The highest BCUT2D eigenvalue weighted by molar-refractivity contribution is 6.23. The number of carbonyl (C=O) groups excluding carboxylic acids is 5. The number of carbonyl (C=O) groups is 5. The van der Waals surface area contributed by atoms with Crippen molar-refractivity contribution >= 4 is 40.8 Å². The number of rotatable bonds is 4. The van der Waals surface area contributed by atoms with Crippen LogP contribution in [0.2, 0.25) is 0 Å². The fraction of sp³-hybridized carbons (Fsp3) is 0.276. The van der Waals surface area contributed by atoms with Crippen LogP contribution in [-0.4, -0.2) is 29.4 Å². The quantitative estimate of drug-likeness (QED) is 0.377. The molecule has 7 nitrogen and oxygen atoms in total. The molecular weight excluding hydrogens is 456 g/mol. The van der Waals surface area contributed by atoms with E-state index in [1.165, 1.54) is 9.80 Å². The van der Waals surface area contributed by atoms with Crippen molar-refractivity contribution in [2.24, 2.45) is 23.7 Å². The summed E-state index contributed by atoms with van der Waals surface area (Å²) in [6, 6.07) is 12.9. The first-order valence-electron chi connectivity index (χ1n) is 12.3. The first-order valence-corrected chi connectivity index (χ1v) is 12.3. The van der Waals surface area contributed by atoms with Gasteiger partial charge in [0.15, 0.2) is 5.78 Å². The van der Waals surface area contributed by atoms with E-state index in [0.717, 1.165) is 0 Å². The van der Waals surface area contributed by atoms with Crippen LogP contribution in [0, 0.1) is 23.7 Å². The van der Waals surface area contributed by atoms with Crippen LogP contribution in [0.3, 0.4) is 0 Å². The molecule has 6 rings (SSSR count). The van der Waals surface area contributed by atoms with Gasteiger partial charge in [-0.1, -0.05) is 24.3 Å². The summed E-state index contributed by atoms with van der Waals surface area (Å²) in [5.74, 6) is -2.22. The zero-order chi connectivity index (χ0) is 25.0. The molecule has 7 heteroatoms. The summed E-state index contributed by atoms with van der Waals surface area (Å²) in [4.78, 5) is 66.8. The summed E-state index contributed by atoms with van der Waals surface area (Å²) < 4.78 is 0. The average Bonchev–Trinajstić information content (AvgIpc) is 3.33. The predicted octanol–water partition coefficient (Wildman–Crippen LogP) is 3.83. The van der Waals surface area contributed by atoms with Gasteiger partial charge in [0, 0.05) is 11.1 Å². The monoisotopic (exact) mass is 480 g/mol. The van der Waals surface area contributed by atoms with Crippen LogP contribution in [0.25, 0.3) is 0 Å². The number of allylic oxidation sites excluding steroid dienone is 4. The summed E-state index contributed by atoms with van der Waals surface area (Å²) >= 11 is 0. The number of hydrogen-bond acceptors (Lipinski definition) is 5. The van der Waals surface area contributed by atoms with Gasteiger partial charge in [-0.05, 0) is 74.2 Å². The average molecular weight is 481 g/mol. The van der Waals surface area contributed by atoms with E-state index in [1.807, 2.05) is 24.3 Å². The standard InChI is InChI=1S/C29H24N2O5/c32-25(17-9-13-19(14-10-17)30-26(33)21-5-1-2-6-22(21)27(30)34)18-11-15-20(16-12-18)31-28(35)23-7-3-4-8-24(23)29(31)36/h1-4,9-16,21-24H,5-8H2/t21-,22-,23-,24+/m0/s1. The minimum atomic E-state index is -0.308. The van der Waals surface area contributed by atoms with E-state index >= 15 is 0 Å². The molecule has 0 unspecified atom stereocenters. The van der Waals surface area contributed by atoms with Crippen molar-refractivity contribution in [1.29, 1.82) is 0 Å². The Hall–Kier alpha value is -4.13. The van der Waals surface area contributed by atoms with Crippen LogP contribution in [0.15, 0.2) is 72.8 Å². The van der Waals surface area contributed by atoms with Gasteiger partial charge in [0.25, 0.3) is 0 Å². The first kappa shape index (κ1) is 22.3. The van der Waals surface area contributed by atoms with Crippen molar-refractivity contribution in [3.05, 3.63) is 84.0 Å². The number of ketones is 1. The lowest BCUT2D eigenvalue weighted by Gasteiger charge is -2.16. The molecule has 0 bridgehead atoms. The maximum Gasteiger partial charge on any atom is 0.238 e. The topological polar surface area (TPSA) is 91.8 Å². The zero-order valence-corrected chi connectivity index (χ0v) is 19.5. The number of imide groups is 2. The lowest BCUT2D eigenvalue weighted by Crippen LogP contribution is -2.31. The van der Waals surface area contributed by atoms with Crippen LogP contribution >= 0.6 is 0 Å². The molecule has 4 aliphatic rings. The number of benzene rings is 2. The SMILES string of the molecule is O=C(c1ccc(N2C(=O)[C@H]3CC=CC[C@@H]3C2=O)cc1)c1ccc(N2C(=O)[C@H]3CC=CC[C@H]3C2=O)cc1. The molecule has 2 aliphatic heterocycles. The van der Waals surface area contributed by atoms with E-state index in [1.54, 1.807) is 48.5 Å². The Labute approximate surface area is 208 Å². The molecule has 0 aromatic heterocycles. The Bertz CT molecular complexity index is 1200. The minimum absolute atomic E-state index is 0.189. The largest absolute Gasteiger partial charge is 0.289 e. The maximum atomic E-state index is 13.1. The normalized spacial score (nSPS) is 27.0. The highest BCUT2D eigenvalue weighted by Crippen LogP contribution is 2.39. The molecule has 4 amide bonds. The predicted molar refractivity (Wildman–Crippen MR) is 132 cm³/mol. The zero-order valence-electron chi connectivity index (χ0n) is 19.5. The molecule has 0 N–H and O–H groups in total. The van der Waals surface area contributed by atoms with Crippen LogP contribution in [0.5, 0.6) is 0 Å². The van der Waals surface area contributed by atoms with Gasteiger partial charge >= 0.3 is 0 Å². The Kier molecular flexibility index (Phi) is 5.29. The number of fused-ring (bicyclic) bond motifs is 2. The second-order valence-corrected chi connectivity index (χ2v) is 9.76. The molecule has 2 aromatic carbocycles. The third kappa shape index (κ3) is 3.38. The molecule has 2 fully saturated rings. The Morgan fingerprint density at radius 2 is 0.778 bits per heavy atom. The van der Waals surface area contributed by atoms with Gasteiger partial charge < -0.3 is 0 Å². The molecule has 36 heavy (non-hydrogen) atoms. The summed E-state index contributed by atoms with van der Waals surface area (Å²) in [5.41, 5.74) is 1.76. The van der Waals surface area contributed by atoms with Gasteiger partial charge in [0.05, 0.1) is 35.0 Å². The maximum absolute atomic E-state index is 13.1. The van der Waals surface area contributed by atoms with E-state index < -0.39 is 0 Å². The smallest absolute Gasteiger partial charge is 0.238 e. The minimum Gasteiger partial charge on any atom is -0.289 e. The van der Waals surface area contributed by atoms with Gasteiger partial charge in [-0.3, -0.25) is 33.8 Å². The van der Waals surface area contributed by atoms with E-state index in [2.05, 4.69) is 0 Å². The molecule has 0 saturated carbocycles. The fourth-order valence-corrected chi connectivity index (χ4v) is 5.80. The third-order valence-corrected chi connectivity index (χ3v) is 7.79. The Morgan fingerprint density at radius 1 is 0.500 bits per heavy atom. The number of anilines is 2. The van der Waals surface area contributed by atoms with Crippen molar-refractivity contribution in [1.82, 2.24) is 0 Å². The van der Waals surface area contributed by atoms with Gasteiger partial charge in [-0.25, -0.2) is 0 Å². The number of amides is 4. The third-order valence-electron chi connectivity index (χ3n) is 7.79. The highest BCUT2D eigenvalue weighted by atomic mass is 16.2. The van der Waals surface area contributed by atoms with Gasteiger partial charge in [-0.15, -0.1) is 0 Å². The van der Waals surface area contributed by atoms with E-state index in [-0.39, 0.29) is 53.1 Å². The van der Waals surface area contributed by atoms with Gasteiger partial charge in [0.1, 0.15) is 0 Å². The van der Waals surface area contributed by atoms with Gasteiger partial charge in [0.2, 0.25) is 23.6 Å². The second-order valence-electron chi connectivity index (χ2n) is 9.76. The summed E-state index contributed by atoms with van der Waals surface area (Å²) in [6.07, 6.45) is 10.1. The summed E-state index contributed by atoms with van der Waals surface area (Å²) in [7, 11) is 0. The van der Waals surface area contributed by atoms with Crippen molar-refractivity contribution in [3.63, 3.8) is 0 Å². The molecular formula is C29H24N2O5. The fourth-order valence-electron chi connectivity index (χ4n) is 5.80. The highest BCUT2D eigenvalue weighted by Gasteiger charge is 2.48. The van der Waals surface area contributed by atoms with E-state index in [4.69, 9.17) is 0 Å². The molecule has 180 valence electrons. The van der Waals surface area contributed by atoms with Crippen LogP contribution in [0.4, 0.5) is 11.4 Å². The Morgan fingerprint density at radius 3 is 1.06 bits per heavy atom. The van der Waals surface area contributed by atoms with Crippen molar-refractivity contribution in [2.45, 2.75) is 25.7 Å². The second kappa shape index (κ2) is 8.52. The van der Waals surface area contributed by atoms with Crippen LogP contribution < -0.4 is 9.80 Å². The summed E-state index contributed by atoms with van der Waals surface area (Å²) in [5, 5.41) is 0. The van der Waals surface area contributed by atoms with E-state index in [0.29, 0.717) is 48.2 Å². The molecule has 2 aliphatic carbocycles. The van der Waals surface area contributed by atoms with E-state index in [9.17, 15) is 24.0 Å².